The van der Waals surface area contributed by atoms with Gasteiger partial charge in [-0.15, -0.1) is 0 Å². The Hall–Kier alpha value is -3.61. The molecule has 12 atom stereocenters. The number of aliphatic hydroxyl groups excluding tert-OH is 8. The van der Waals surface area contributed by atoms with Crippen LogP contribution < -0.4 is 5.32 Å². The van der Waals surface area contributed by atoms with Gasteiger partial charge in [-0.25, -0.2) is 0 Å². The zero-order valence-electron chi connectivity index (χ0n) is 52.6. The van der Waals surface area contributed by atoms with Gasteiger partial charge < -0.3 is 65.1 Å². The Balaban J connectivity index is 1.76. The molecule has 2 aliphatic rings. The molecule has 14 heteroatoms. The number of carbonyl (C=O) groups excluding carboxylic acids is 1. The lowest BCUT2D eigenvalue weighted by Gasteiger charge is -2.46. The first kappa shape index (κ1) is 77.5. The molecule has 0 bridgehead atoms. The molecule has 12 unspecified atom stereocenters. The van der Waals surface area contributed by atoms with Gasteiger partial charge >= 0.3 is 0 Å². The number of carbonyl (C=O) groups is 1. The van der Waals surface area contributed by atoms with Crippen LogP contribution in [-0.2, 0) is 23.7 Å². The standard InChI is InChI=1S/C71H119NO13/c1-3-5-7-9-11-13-15-17-19-21-23-25-27-28-29-30-31-32-33-35-37-39-41-43-45-47-49-51-53-55-63(76)72-59(58-82-70-68(81)66(79)69(62(57-74)84-70)85-71-67(80)65(78)64(77)61(56-73)83-71)60(75)54-52-50-48-46-44-42-40-38-36-34-26-24-22-20-18-16-14-12-10-8-6-4-2/h5,7,11,13,17,19,23,25,28-29,31-32,35,37,41,43-44,46,52,54,59-62,64-71,73-75,77-81H,3-4,6,8-10,12,14-16,18,20-22,24,26-27,30,33-34,36,38-40,42,45,47-51,53,55-58H2,1-2H3,(H,72,76)/b7-5-,13-11-,19-17-,25-23-,29-28-,32-31-,37-35-,43-41-,46-44+,54-52+. The highest BCUT2D eigenvalue weighted by Crippen LogP contribution is 2.30. The highest BCUT2D eigenvalue weighted by molar-refractivity contribution is 5.76. The monoisotopic (exact) mass is 1190 g/mol. The first-order valence-electron chi connectivity index (χ1n) is 33.3. The maximum Gasteiger partial charge on any atom is 0.220 e. The van der Waals surface area contributed by atoms with Crippen LogP contribution in [0.1, 0.15) is 226 Å². The SMILES string of the molecule is CC/C=C\C/C=C\C/C=C\C/C=C\C/C=C\C/C=C\C/C=C\C/C=C\CCCCCCC(=O)NC(COC1OC(CO)C(OC2OC(CO)C(O)C(O)C2O)C(O)C1O)C(O)/C=C/CC/C=C/CCCCCCCCCCCCCCCCCC. The summed E-state index contributed by atoms with van der Waals surface area (Å²) in [7, 11) is 0. The Labute approximate surface area is 514 Å². The van der Waals surface area contributed by atoms with Crippen molar-refractivity contribution in [3.8, 4) is 0 Å². The van der Waals surface area contributed by atoms with E-state index in [2.05, 4.69) is 129 Å². The third-order valence-corrected chi connectivity index (χ3v) is 15.4. The second kappa shape index (κ2) is 54.5. The molecule has 9 N–H and O–H groups in total. The van der Waals surface area contributed by atoms with Crippen molar-refractivity contribution in [2.75, 3.05) is 19.8 Å². The Morgan fingerprint density at radius 2 is 0.824 bits per heavy atom. The second-order valence-corrected chi connectivity index (χ2v) is 22.9. The number of aliphatic hydroxyl groups is 8. The third-order valence-electron chi connectivity index (χ3n) is 15.4. The van der Waals surface area contributed by atoms with Gasteiger partial charge in [0.1, 0.15) is 48.8 Å². The van der Waals surface area contributed by atoms with Crippen molar-refractivity contribution >= 4 is 5.91 Å². The van der Waals surface area contributed by atoms with Gasteiger partial charge in [0.15, 0.2) is 12.6 Å². The lowest BCUT2D eigenvalue weighted by atomic mass is 9.97. The van der Waals surface area contributed by atoms with E-state index < -0.39 is 86.8 Å². The Kier molecular flexibility index (Phi) is 49.7. The fourth-order valence-corrected chi connectivity index (χ4v) is 10.1. The van der Waals surface area contributed by atoms with E-state index >= 15 is 0 Å². The number of rotatable bonds is 52. The third kappa shape index (κ3) is 39.1. The molecule has 2 saturated heterocycles. The molecule has 0 aliphatic carbocycles. The van der Waals surface area contributed by atoms with Crippen LogP contribution in [-0.4, -0.2) is 140 Å². The average Bonchev–Trinajstić information content (AvgIpc) is 3.69. The van der Waals surface area contributed by atoms with Crippen LogP contribution in [0.3, 0.4) is 0 Å². The molecule has 1 amide bonds. The highest BCUT2D eigenvalue weighted by Gasteiger charge is 2.51. The molecule has 0 spiro atoms. The summed E-state index contributed by atoms with van der Waals surface area (Å²) in [6.45, 7) is 2.65. The van der Waals surface area contributed by atoms with Crippen LogP contribution in [0.15, 0.2) is 122 Å². The van der Waals surface area contributed by atoms with Crippen molar-refractivity contribution in [3.05, 3.63) is 122 Å². The smallest absolute Gasteiger partial charge is 0.220 e. The van der Waals surface area contributed by atoms with E-state index in [0.29, 0.717) is 12.8 Å². The van der Waals surface area contributed by atoms with Gasteiger partial charge in [-0.2, -0.15) is 0 Å². The van der Waals surface area contributed by atoms with Crippen molar-refractivity contribution in [2.24, 2.45) is 0 Å². The van der Waals surface area contributed by atoms with E-state index in [4.69, 9.17) is 18.9 Å². The predicted octanol–water partition coefficient (Wildman–Crippen LogP) is 12.9. The average molecular weight is 1190 g/mol. The topological polar surface area (TPSA) is 228 Å². The molecule has 14 nitrogen and oxygen atoms in total. The van der Waals surface area contributed by atoms with Crippen LogP contribution in [0.25, 0.3) is 0 Å². The number of hydrogen-bond donors (Lipinski definition) is 9. The predicted molar refractivity (Wildman–Crippen MR) is 345 cm³/mol. The van der Waals surface area contributed by atoms with E-state index in [-0.39, 0.29) is 18.9 Å². The molecule has 0 saturated carbocycles. The highest BCUT2D eigenvalue weighted by atomic mass is 16.7. The summed E-state index contributed by atoms with van der Waals surface area (Å²) < 4.78 is 22.8. The van der Waals surface area contributed by atoms with E-state index in [1.54, 1.807) is 6.08 Å². The summed E-state index contributed by atoms with van der Waals surface area (Å²) in [5, 5.41) is 87.3. The van der Waals surface area contributed by atoms with Crippen LogP contribution in [0.2, 0.25) is 0 Å². The Morgan fingerprint density at radius 1 is 0.435 bits per heavy atom. The van der Waals surface area contributed by atoms with Crippen molar-refractivity contribution in [2.45, 2.75) is 299 Å². The molecular weight excluding hydrogens is 1070 g/mol. The molecule has 2 aliphatic heterocycles. The summed E-state index contributed by atoms with van der Waals surface area (Å²) in [6, 6.07) is -0.956. The number of nitrogens with one attached hydrogen (secondary N) is 1. The van der Waals surface area contributed by atoms with Crippen LogP contribution in [0, 0.1) is 0 Å². The molecule has 2 heterocycles. The molecule has 486 valence electrons. The van der Waals surface area contributed by atoms with Gasteiger partial charge in [0.25, 0.3) is 0 Å². The second-order valence-electron chi connectivity index (χ2n) is 22.9. The van der Waals surface area contributed by atoms with E-state index in [9.17, 15) is 45.6 Å². The normalized spacial score (nSPS) is 24.4. The summed E-state index contributed by atoms with van der Waals surface area (Å²) in [5.41, 5.74) is 0. The van der Waals surface area contributed by atoms with Crippen LogP contribution in [0.4, 0.5) is 0 Å². The number of amides is 1. The first-order valence-corrected chi connectivity index (χ1v) is 33.3. The van der Waals surface area contributed by atoms with Crippen molar-refractivity contribution in [1.82, 2.24) is 5.32 Å². The zero-order valence-corrected chi connectivity index (χ0v) is 52.6. The molecular formula is C71H119NO13. The number of ether oxygens (including phenoxy) is 4. The molecule has 0 aromatic rings. The summed E-state index contributed by atoms with van der Waals surface area (Å²) in [6.07, 6.45) is 62.4. The molecule has 2 rings (SSSR count). The van der Waals surface area contributed by atoms with Gasteiger partial charge in [-0.05, 0) is 96.3 Å². The lowest BCUT2D eigenvalue weighted by molar-refractivity contribution is -0.359. The van der Waals surface area contributed by atoms with Crippen molar-refractivity contribution < 1.29 is 64.6 Å². The molecule has 2 fully saturated rings. The zero-order chi connectivity index (χ0) is 61.6. The van der Waals surface area contributed by atoms with Gasteiger partial charge in [-0.1, -0.05) is 245 Å². The molecule has 0 aromatic carbocycles. The fourth-order valence-electron chi connectivity index (χ4n) is 10.1. The fraction of sp³-hybridized carbons (Fsp3) is 0.704. The summed E-state index contributed by atoms with van der Waals surface area (Å²) in [4.78, 5) is 13.3. The minimum atomic E-state index is -1.80. The van der Waals surface area contributed by atoms with E-state index in [1.165, 1.54) is 103 Å². The largest absolute Gasteiger partial charge is 0.394 e. The molecule has 85 heavy (non-hydrogen) atoms. The van der Waals surface area contributed by atoms with Gasteiger partial charge in [0, 0.05) is 6.42 Å². The van der Waals surface area contributed by atoms with Crippen molar-refractivity contribution in [1.29, 1.82) is 0 Å². The quantitative estimate of drug-likeness (QED) is 0.0204. The number of allylic oxidation sites excluding steroid dienone is 19. The first-order chi connectivity index (χ1) is 41.6. The van der Waals surface area contributed by atoms with Gasteiger partial charge in [0.05, 0.1) is 32.0 Å². The Morgan fingerprint density at radius 3 is 1.29 bits per heavy atom. The van der Waals surface area contributed by atoms with E-state index in [1.807, 2.05) is 6.08 Å². The lowest BCUT2D eigenvalue weighted by Crippen LogP contribution is -2.65. The molecule has 0 aromatic heterocycles. The van der Waals surface area contributed by atoms with E-state index in [0.717, 1.165) is 89.9 Å². The summed E-state index contributed by atoms with van der Waals surface area (Å²) in [5.74, 6) is -0.278. The maximum absolute atomic E-state index is 13.3. The van der Waals surface area contributed by atoms with Crippen LogP contribution in [0.5, 0.6) is 0 Å². The minimum absolute atomic E-state index is 0.235. The number of hydrogen-bond acceptors (Lipinski definition) is 13. The van der Waals surface area contributed by atoms with Gasteiger partial charge in [-0.3, -0.25) is 4.79 Å². The number of unbranched alkanes of at least 4 members (excludes halogenated alkanes) is 21. The van der Waals surface area contributed by atoms with Crippen molar-refractivity contribution in [3.63, 3.8) is 0 Å². The molecule has 0 radical (unpaired) electrons. The van der Waals surface area contributed by atoms with Gasteiger partial charge in [0.2, 0.25) is 5.91 Å². The minimum Gasteiger partial charge on any atom is -0.394 e. The summed E-state index contributed by atoms with van der Waals surface area (Å²) >= 11 is 0. The Bertz CT molecular complexity index is 1890. The van der Waals surface area contributed by atoms with Crippen LogP contribution >= 0.6 is 0 Å². The maximum atomic E-state index is 13.3.